The van der Waals surface area contributed by atoms with Crippen molar-refractivity contribution in [3.63, 3.8) is 0 Å². The zero-order valence-corrected chi connectivity index (χ0v) is 9.29. The zero-order valence-electron chi connectivity index (χ0n) is 9.29. The Morgan fingerprint density at radius 1 is 1.38 bits per heavy atom. The maximum absolute atomic E-state index is 12.2. The van der Waals surface area contributed by atoms with Crippen molar-refractivity contribution in [3.8, 4) is 12.3 Å². The molecule has 1 saturated heterocycles. The Morgan fingerprint density at radius 3 is 2.69 bits per heavy atom. The molecular weight excluding hydrogens is 204 g/mol. The molecule has 4 nitrogen and oxygen atoms in total. The third-order valence-corrected chi connectivity index (χ3v) is 3.39. The third kappa shape index (κ3) is 1.78. The van der Waals surface area contributed by atoms with Crippen molar-refractivity contribution >= 4 is 11.8 Å². The standard InChI is InChI=1S/C12H16N2O2/c1-2-3-8-14-9-10(15)13-12(11(14)16)6-4-5-7-12/h1H,3-9H2,(H,13,15). The molecule has 0 unspecified atom stereocenters. The second-order valence-electron chi connectivity index (χ2n) is 4.52. The highest BCUT2D eigenvalue weighted by Crippen LogP contribution is 2.33. The lowest BCUT2D eigenvalue weighted by atomic mass is 9.93. The second-order valence-corrected chi connectivity index (χ2v) is 4.52. The van der Waals surface area contributed by atoms with Crippen LogP contribution in [0.2, 0.25) is 0 Å². The monoisotopic (exact) mass is 220 g/mol. The van der Waals surface area contributed by atoms with Gasteiger partial charge in [-0.1, -0.05) is 12.8 Å². The number of hydrogen-bond donors (Lipinski definition) is 1. The number of terminal acetylenes is 1. The summed E-state index contributed by atoms with van der Waals surface area (Å²) in [6, 6.07) is 0. The SMILES string of the molecule is C#CCCN1CC(=O)NC2(CCCC2)C1=O. The molecule has 16 heavy (non-hydrogen) atoms. The summed E-state index contributed by atoms with van der Waals surface area (Å²) in [6.07, 6.45) is 9.25. The summed E-state index contributed by atoms with van der Waals surface area (Å²) < 4.78 is 0. The molecule has 1 N–H and O–H groups in total. The van der Waals surface area contributed by atoms with E-state index in [0.29, 0.717) is 13.0 Å². The van der Waals surface area contributed by atoms with Crippen LogP contribution in [-0.4, -0.2) is 35.3 Å². The quantitative estimate of drug-likeness (QED) is 0.680. The lowest BCUT2D eigenvalue weighted by Gasteiger charge is -2.39. The lowest BCUT2D eigenvalue weighted by molar-refractivity contribution is -0.149. The van der Waals surface area contributed by atoms with Gasteiger partial charge in [0, 0.05) is 13.0 Å². The average Bonchev–Trinajstić information content (AvgIpc) is 2.71. The van der Waals surface area contributed by atoms with Crippen LogP contribution < -0.4 is 5.32 Å². The van der Waals surface area contributed by atoms with E-state index in [-0.39, 0.29) is 18.4 Å². The predicted molar refractivity (Wildman–Crippen MR) is 59.4 cm³/mol. The van der Waals surface area contributed by atoms with Gasteiger partial charge in [0.2, 0.25) is 11.8 Å². The molecule has 1 spiro atoms. The Morgan fingerprint density at radius 2 is 2.06 bits per heavy atom. The van der Waals surface area contributed by atoms with Crippen molar-refractivity contribution in [2.45, 2.75) is 37.6 Å². The fourth-order valence-electron chi connectivity index (χ4n) is 2.61. The molecule has 2 amide bonds. The van der Waals surface area contributed by atoms with Crippen molar-refractivity contribution in [1.82, 2.24) is 10.2 Å². The molecule has 0 aromatic rings. The van der Waals surface area contributed by atoms with Gasteiger partial charge in [-0.2, -0.15) is 0 Å². The van der Waals surface area contributed by atoms with Crippen LogP contribution in [0.4, 0.5) is 0 Å². The molecule has 1 aliphatic carbocycles. The first kappa shape index (κ1) is 11.0. The molecule has 1 saturated carbocycles. The van der Waals surface area contributed by atoms with Crippen LogP contribution in [0.5, 0.6) is 0 Å². The van der Waals surface area contributed by atoms with Gasteiger partial charge in [-0.25, -0.2) is 0 Å². The van der Waals surface area contributed by atoms with E-state index in [0.717, 1.165) is 25.7 Å². The number of amides is 2. The van der Waals surface area contributed by atoms with Gasteiger partial charge in [-0.05, 0) is 12.8 Å². The van der Waals surface area contributed by atoms with E-state index < -0.39 is 5.54 Å². The van der Waals surface area contributed by atoms with E-state index in [9.17, 15) is 9.59 Å². The molecule has 0 radical (unpaired) electrons. The molecule has 86 valence electrons. The topological polar surface area (TPSA) is 49.4 Å². The van der Waals surface area contributed by atoms with Gasteiger partial charge < -0.3 is 10.2 Å². The van der Waals surface area contributed by atoms with Gasteiger partial charge >= 0.3 is 0 Å². The highest BCUT2D eigenvalue weighted by atomic mass is 16.2. The van der Waals surface area contributed by atoms with E-state index >= 15 is 0 Å². The van der Waals surface area contributed by atoms with Crippen LogP contribution in [0.3, 0.4) is 0 Å². The lowest BCUT2D eigenvalue weighted by Crippen LogP contribution is -2.65. The van der Waals surface area contributed by atoms with E-state index in [1.54, 1.807) is 4.90 Å². The van der Waals surface area contributed by atoms with Gasteiger partial charge in [0.05, 0.1) is 6.54 Å². The van der Waals surface area contributed by atoms with E-state index in [2.05, 4.69) is 11.2 Å². The van der Waals surface area contributed by atoms with E-state index in [1.807, 2.05) is 0 Å². The maximum atomic E-state index is 12.2. The Hall–Kier alpha value is -1.50. The summed E-state index contributed by atoms with van der Waals surface area (Å²) in [7, 11) is 0. The van der Waals surface area contributed by atoms with Crippen LogP contribution in [-0.2, 0) is 9.59 Å². The zero-order chi connectivity index (χ0) is 11.6. The van der Waals surface area contributed by atoms with Crippen molar-refractivity contribution in [3.05, 3.63) is 0 Å². The summed E-state index contributed by atoms with van der Waals surface area (Å²) in [5.74, 6) is 2.50. The second kappa shape index (κ2) is 4.17. The van der Waals surface area contributed by atoms with Gasteiger partial charge in [0.25, 0.3) is 0 Å². The summed E-state index contributed by atoms with van der Waals surface area (Å²) in [5, 5.41) is 2.87. The van der Waals surface area contributed by atoms with Crippen LogP contribution in [0.15, 0.2) is 0 Å². The number of carbonyl (C=O) groups is 2. The molecule has 2 fully saturated rings. The van der Waals surface area contributed by atoms with Crippen LogP contribution >= 0.6 is 0 Å². The molecule has 1 aliphatic heterocycles. The number of rotatable bonds is 2. The third-order valence-electron chi connectivity index (χ3n) is 3.39. The summed E-state index contributed by atoms with van der Waals surface area (Å²) >= 11 is 0. The number of carbonyl (C=O) groups excluding carboxylic acids is 2. The Bertz CT molecular complexity index is 351. The predicted octanol–water partition coefficient (Wildman–Crippen LogP) is 0.281. The molecule has 0 atom stereocenters. The van der Waals surface area contributed by atoms with Crippen molar-refractivity contribution in [2.24, 2.45) is 0 Å². The average molecular weight is 220 g/mol. The smallest absolute Gasteiger partial charge is 0.248 e. The Balaban J connectivity index is 2.13. The molecular formula is C12H16N2O2. The van der Waals surface area contributed by atoms with Crippen LogP contribution in [0, 0.1) is 12.3 Å². The minimum Gasteiger partial charge on any atom is -0.340 e. The molecule has 1 heterocycles. The highest BCUT2D eigenvalue weighted by molar-refractivity contribution is 5.98. The number of hydrogen-bond acceptors (Lipinski definition) is 2. The number of nitrogens with zero attached hydrogens (tertiary/aromatic N) is 1. The fraction of sp³-hybridized carbons (Fsp3) is 0.667. The van der Waals surface area contributed by atoms with Gasteiger partial charge in [-0.15, -0.1) is 12.3 Å². The summed E-state index contributed by atoms with van der Waals surface area (Å²) in [4.78, 5) is 25.4. The minimum absolute atomic E-state index is 0.0554. The molecule has 4 heteroatoms. The minimum atomic E-state index is -0.607. The van der Waals surface area contributed by atoms with Crippen molar-refractivity contribution in [2.75, 3.05) is 13.1 Å². The van der Waals surface area contributed by atoms with Crippen LogP contribution in [0.1, 0.15) is 32.1 Å². The fourth-order valence-corrected chi connectivity index (χ4v) is 2.61. The molecule has 2 aliphatic rings. The van der Waals surface area contributed by atoms with Gasteiger partial charge in [0.15, 0.2) is 0 Å². The molecule has 0 bridgehead atoms. The van der Waals surface area contributed by atoms with Crippen molar-refractivity contribution < 1.29 is 9.59 Å². The first-order valence-corrected chi connectivity index (χ1v) is 5.72. The number of nitrogens with one attached hydrogen (secondary N) is 1. The molecule has 2 rings (SSSR count). The van der Waals surface area contributed by atoms with E-state index in [1.165, 1.54) is 0 Å². The summed E-state index contributed by atoms with van der Waals surface area (Å²) in [6.45, 7) is 0.646. The Kier molecular flexibility index (Phi) is 2.86. The highest BCUT2D eigenvalue weighted by Gasteiger charge is 2.47. The normalized spacial score (nSPS) is 23.3. The van der Waals surface area contributed by atoms with Crippen molar-refractivity contribution in [1.29, 1.82) is 0 Å². The largest absolute Gasteiger partial charge is 0.340 e. The first-order chi connectivity index (χ1) is 7.68. The maximum Gasteiger partial charge on any atom is 0.248 e. The Labute approximate surface area is 95.4 Å². The summed E-state index contributed by atoms with van der Waals surface area (Å²) in [5.41, 5.74) is -0.607. The molecule has 0 aromatic carbocycles. The van der Waals surface area contributed by atoms with Gasteiger partial charge in [-0.3, -0.25) is 9.59 Å². The first-order valence-electron chi connectivity index (χ1n) is 5.72. The van der Waals surface area contributed by atoms with E-state index in [4.69, 9.17) is 6.42 Å². The van der Waals surface area contributed by atoms with Crippen LogP contribution in [0.25, 0.3) is 0 Å². The number of piperazine rings is 1. The molecule has 0 aromatic heterocycles. The van der Waals surface area contributed by atoms with Gasteiger partial charge in [0.1, 0.15) is 5.54 Å².